The first-order chi connectivity index (χ1) is 40.5. The minimum atomic E-state index is -0.768. The normalized spacial score (nSPS) is 12.2. The van der Waals surface area contributed by atoms with Crippen molar-refractivity contribution < 1.29 is 28.6 Å². The maximum atomic E-state index is 12.9. The van der Waals surface area contributed by atoms with Gasteiger partial charge in [0.15, 0.2) is 6.10 Å². The first-order valence-electron chi connectivity index (χ1n) is 37.0. The van der Waals surface area contributed by atoms with Crippen molar-refractivity contribution in [3.63, 3.8) is 0 Å². The minimum Gasteiger partial charge on any atom is -0.462 e. The Kier molecular flexibility index (Phi) is 69.1. The van der Waals surface area contributed by atoms with E-state index in [2.05, 4.69) is 57.2 Å². The SMILES string of the molecule is CCCCCCC/C=C\C/C=C\C/C=C\CCCCCCCCCCCCCCCCC(=O)OCC(COC(=O)CCCCCCCCCCCC)OC(=O)CCCCCCCCCCCCCCCCCCCCCCCCCCC. The van der Waals surface area contributed by atoms with Crippen molar-refractivity contribution in [2.24, 2.45) is 0 Å². The number of allylic oxidation sites excluding steroid dienone is 6. The first-order valence-corrected chi connectivity index (χ1v) is 37.0. The van der Waals surface area contributed by atoms with E-state index < -0.39 is 6.10 Å². The summed E-state index contributed by atoms with van der Waals surface area (Å²) in [6, 6.07) is 0. The van der Waals surface area contributed by atoms with Gasteiger partial charge in [0.05, 0.1) is 0 Å². The zero-order valence-electron chi connectivity index (χ0n) is 55.5. The molecule has 0 aliphatic carbocycles. The molecule has 0 rings (SSSR count). The average Bonchev–Trinajstić information content (AvgIpc) is 3.48. The summed E-state index contributed by atoms with van der Waals surface area (Å²) in [6.45, 7) is 6.69. The van der Waals surface area contributed by atoms with Crippen LogP contribution in [-0.4, -0.2) is 37.2 Å². The van der Waals surface area contributed by atoms with Crippen molar-refractivity contribution >= 4 is 17.9 Å². The Hall–Kier alpha value is -2.37. The number of esters is 3. The highest BCUT2D eigenvalue weighted by atomic mass is 16.6. The third-order valence-electron chi connectivity index (χ3n) is 16.9. The van der Waals surface area contributed by atoms with Gasteiger partial charge in [-0.1, -0.05) is 372 Å². The van der Waals surface area contributed by atoms with Crippen LogP contribution >= 0.6 is 0 Å². The Morgan fingerprint density at radius 1 is 0.244 bits per heavy atom. The van der Waals surface area contributed by atoms with Crippen LogP contribution in [0.15, 0.2) is 36.5 Å². The van der Waals surface area contributed by atoms with E-state index in [-0.39, 0.29) is 31.1 Å². The lowest BCUT2D eigenvalue weighted by atomic mass is 10.0. The molecule has 0 saturated heterocycles. The van der Waals surface area contributed by atoms with E-state index in [0.29, 0.717) is 19.3 Å². The summed E-state index contributed by atoms with van der Waals surface area (Å²) in [5.41, 5.74) is 0. The van der Waals surface area contributed by atoms with E-state index in [1.165, 1.54) is 302 Å². The molecule has 0 fully saturated rings. The Bertz CT molecular complexity index is 1370. The monoisotopic (exact) mass is 1150 g/mol. The van der Waals surface area contributed by atoms with E-state index in [0.717, 1.165) is 70.6 Å². The van der Waals surface area contributed by atoms with Crippen molar-refractivity contribution in [2.45, 2.75) is 419 Å². The zero-order valence-corrected chi connectivity index (χ0v) is 55.5. The molecule has 0 spiro atoms. The summed E-state index contributed by atoms with van der Waals surface area (Å²) < 4.78 is 17.0. The van der Waals surface area contributed by atoms with Gasteiger partial charge in [0.1, 0.15) is 13.2 Å². The Labute approximate surface area is 512 Å². The molecule has 0 heterocycles. The van der Waals surface area contributed by atoms with Crippen LogP contribution in [0.5, 0.6) is 0 Å². The second-order valence-corrected chi connectivity index (χ2v) is 25.2. The van der Waals surface area contributed by atoms with Gasteiger partial charge in [0.2, 0.25) is 0 Å². The number of unbranched alkanes of at least 4 members (excludes halogenated alkanes) is 52. The third kappa shape index (κ3) is 68.4. The lowest BCUT2D eigenvalue weighted by Gasteiger charge is -2.18. The van der Waals surface area contributed by atoms with E-state index in [9.17, 15) is 14.4 Å². The maximum absolute atomic E-state index is 12.9. The highest BCUT2D eigenvalue weighted by molar-refractivity contribution is 5.71. The van der Waals surface area contributed by atoms with Gasteiger partial charge in [-0.15, -0.1) is 0 Å². The molecule has 0 aliphatic heterocycles. The molecule has 6 heteroatoms. The standard InChI is InChI=1S/C76H142O6/c1-4-7-10-13-16-19-22-24-26-28-30-32-34-36-37-38-39-41-42-44-46-48-50-52-54-57-60-63-66-69-75(78)81-72-73(71-80-74(77)68-65-62-59-56-21-18-15-12-9-6-3)82-76(79)70-67-64-61-58-55-53-51-49-47-45-43-40-35-33-31-29-27-25-23-20-17-14-11-8-5-2/h22,24,28,30,34,36,73H,4-21,23,25-27,29,31-33,35,37-72H2,1-3H3/b24-22-,30-28-,36-34-. The lowest BCUT2D eigenvalue weighted by Crippen LogP contribution is -2.30. The molecule has 0 bridgehead atoms. The summed E-state index contributed by atoms with van der Waals surface area (Å²) >= 11 is 0. The predicted molar refractivity (Wildman–Crippen MR) is 358 cm³/mol. The number of carbonyl (C=O) groups is 3. The fourth-order valence-electron chi connectivity index (χ4n) is 11.3. The molecule has 0 saturated carbocycles. The Balaban J connectivity index is 4.12. The van der Waals surface area contributed by atoms with Crippen molar-refractivity contribution in [1.82, 2.24) is 0 Å². The van der Waals surface area contributed by atoms with Gasteiger partial charge < -0.3 is 14.2 Å². The molecule has 0 aromatic carbocycles. The molecule has 1 atom stereocenters. The number of hydrogen-bond donors (Lipinski definition) is 0. The average molecular weight is 1150 g/mol. The zero-order chi connectivity index (χ0) is 59.2. The molecule has 0 aliphatic rings. The first kappa shape index (κ1) is 79.6. The van der Waals surface area contributed by atoms with Crippen LogP contribution in [0.1, 0.15) is 412 Å². The second-order valence-electron chi connectivity index (χ2n) is 25.2. The number of rotatable bonds is 69. The maximum Gasteiger partial charge on any atom is 0.306 e. The van der Waals surface area contributed by atoms with E-state index in [1.54, 1.807) is 0 Å². The molecule has 482 valence electrons. The fourth-order valence-corrected chi connectivity index (χ4v) is 11.3. The number of hydrogen-bond acceptors (Lipinski definition) is 6. The highest BCUT2D eigenvalue weighted by Crippen LogP contribution is 2.19. The van der Waals surface area contributed by atoms with Crippen LogP contribution < -0.4 is 0 Å². The molecule has 0 radical (unpaired) electrons. The van der Waals surface area contributed by atoms with E-state index in [4.69, 9.17) is 14.2 Å². The quantitative estimate of drug-likeness (QED) is 0.0261. The van der Waals surface area contributed by atoms with Gasteiger partial charge in [-0.2, -0.15) is 0 Å². The number of ether oxygens (including phenoxy) is 3. The minimum absolute atomic E-state index is 0.0656. The van der Waals surface area contributed by atoms with Crippen molar-refractivity contribution in [2.75, 3.05) is 13.2 Å². The molecule has 0 N–H and O–H groups in total. The van der Waals surface area contributed by atoms with Gasteiger partial charge in [-0.05, 0) is 57.8 Å². The van der Waals surface area contributed by atoms with E-state index in [1.807, 2.05) is 0 Å². The fraction of sp³-hybridized carbons (Fsp3) is 0.882. The summed E-state index contributed by atoms with van der Waals surface area (Å²) in [7, 11) is 0. The number of carbonyl (C=O) groups excluding carboxylic acids is 3. The van der Waals surface area contributed by atoms with Crippen LogP contribution in [0.3, 0.4) is 0 Å². The smallest absolute Gasteiger partial charge is 0.306 e. The van der Waals surface area contributed by atoms with Gasteiger partial charge in [0, 0.05) is 19.3 Å². The van der Waals surface area contributed by atoms with Gasteiger partial charge in [-0.25, -0.2) is 0 Å². The lowest BCUT2D eigenvalue weighted by molar-refractivity contribution is -0.167. The van der Waals surface area contributed by atoms with Gasteiger partial charge >= 0.3 is 17.9 Å². The van der Waals surface area contributed by atoms with Crippen LogP contribution in [-0.2, 0) is 28.6 Å². The van der Waals surface area contributed by atoms with E-state index >= 15 is 0 Å². The topological polar surface area (TPSA) is 78.9 Å². The molecule has 0 aromatic rings. The molecule has 1 unspecified atom stereocenters. The summed E-state index contributed by atoms with van der Waals surface area (Å²) in [4.78, 5) is 38.4. The van der Waals surface area contributed by atoms with Crippen LogP contribution in [0.2, 0.25) is 0 Å². The second kappa shape index (κ2) is 71.1. The Morgan fingerprint density at radius 2 is 0.439 bits per heavy atom. The molecule has 82 heavy (non-hydrogen) atoms. The van der Waals surface area contributed by atoms with Crippen molar-refractivity contribution in [1.29, 1.82) is 0 Å². The van der Waals surface area contributed by atoms with Gasteiger partial charge in [0.25, 0.3) is 0 Å². The summed E-state index contributed by atoms with van der Waals surface area (Å²) in [6.07, 6.45) is 89.1. The molecule has 0 amide bonds. The largest absolute Gasteiger partial charge is 0.462 e. The third-order valence-corrected chi connectivity index (χ3v) is 16.9. The Morgan fingerprint density at radius 3 is 0.683 bits per heavy atom. The molecular weight excluding hydrogens is 1010 g/mol. The summed E-state index contributed by atoms with van der Waals surface area (Å²) in [5.74, 6) is -0.837. The van der Waals surface area contributed by atoms with Crippen LogP contribution in [0.25, 0.3) is 0 Å². The van der Waals surface area contributed by atoms with Crippen LogP contribution in [0, 0.1) is 0 Å². The highest BCUT2D eigenvalue weighted by Gasteiger charge is 2.20. The predicted octanol–water partition coefficient (Wildman–Crippen LogP) is 25.5. The van der Waals surface area contributed by atoms with Crippen LogP contribution in [0.4, 0.5) is 0 Å². The molecular formula is C76H142O6. The summed E-state index contributed by atoms with van der Waals surface area (Å²) in [5, 5.41) is 0. The van der Waals surface area contributed by atoms with Crippen molar-refractivity contribution in [3.8, 4) is 0 Å². The van der Waals surface area contributed by atoms with Crippen molar-refractivity contribution in [3.05, 3.63) is 36.5 Å². The molecule has 0 aromatic heterocycles. The van der Waals surface area contributed by atoms with Gasteiger partial charge in [-0.3, -0.25) is 14.4 Å². The molecule has 6 nitrogen and oxygen atoms in total.